The lowest BCUT2D eigenvalue weighted by atomic mass is 9.89. The third-order valence-corrected chi connectivity index (χ3v) is 4.47. The van der Waals surface area contributed by atoms with Crippen LogP contribution in [-0.2, 0) is 13.5 Å². The van der Waals surface area contributed by atoms with Crippen LogP contribution >= 0.6 is 0 Å². The first kappa shape index (κ1) is 11.1. The Kier molecular flexibility index (Phi) is 2.40. The Morgan fingerprint density at radius 3 is 2.84 bits per heavy atom. The van der Waals surface area contributed by atoms with Crippen LogP contribution in [0.25, 0.3) is 11.1 Å². The van der Waals surface area contributed by atoms with Gasteiger partial charge in [0.15, 0.2) is 0 Å². The summed E-state index contributed by atoms with van der Waals surface area (Å²) in [6.45, 7) is 1.16. The second kappa shape index (κ2) is 4.12. The predicted molar refractivity (Wildman–Crippen MR) is 77.1 cm³/mol. The molecule has 1 atom stereocenters. The zero-order chi connectivity index (χ0) is 12.8. The third kappa shape index (κ3) is 2.03. The third-order valence-electron chi connectivity index (χ3n) is 4.47. The van der Waals surface area contributed by atoms with E-state index in [1.54, 1.807) is 0 Å². The molecule has 98 valence electrons. The van der Waals surface area contributed by atoms with E-state index >= 15 is 0 Å². The van der Waals surface area contributed by atoms with Crippen molar-refractivity contribution in [1.29, 1.82) is 0 Å². The van der Waals surface area contributed by atoms with Crippen LogP contribution in [-0.4, -0.2) is 16.3 Å². The van der Waals surface area contributed by atoms with Crippen molar-refractivity contribution >= 4 is 5.69 Å². The first-order chi connectivity index (χ1) is 9.29. The SMILES string of the molecule is Cn1cc(-c2ccc3c(c2)CC(C2CC2)CN3)cn1. The normalized spacial score (nSPS) is 21.8. The number of nitrogens with zero attached hydrogens (tertiary/aromatic N) is 2. The number of aromatic nitrogens is 2. The first-order valence-corrected chi connectivity index (χ1v) is 7.15. The fourth-order valence-electron chi connectivity index (χ4n) is 3.18. The molecule has 1 saturated carbocycles. The molecule has 1 unspecified atom stereocenters. The monoisotopic (exact) mass is 253 g/mol. The topological polar surface area (TPSA) is 29.9 Å². The number of anilines is 1. The molecule has 0 amide bonds. The van der Waals surface area contributed by atoms with E-state index in [2.05, 4.69) is 34.8 Å². The summed E-state index contributed by atoms with van der Waals surface area (Å²) < 4.78 is 1.86. The summed E-state index contributed by atoms with van der Waals surface area (Å²) in [5, 5.41) is 7.86. The molecule has 3 nitrogen and oxygen atoms in total. The Hall–Kier alpha value is -1.77. The van der Waals surface area contributed by atoms with Crippen LogP contribution in [0.1, 0.15) is 18.4 Å². The molecule has 2 aromatic rings. The Bertz CT molecular complexity index is 610. The lowest BCUT2D eigenvalue weighted by molar-refractivity contribution is 0.473. The number of aryl methyl sites for hydroxylation is 1. The van der Waals surface area contributed by atoms with Crippen molar-refractivity contribution in [3.8, 4) is 11.1 Å². The number of nitrogens with one attached hydrogen (secondary N) is 1. The summed E-state index contributed by atoms with van der Waals surface area (Å²) >= 11 is 0. The maximum Gasteiger partial charge on any atom is 0.0568 e. The van der Waals surface area contributed by atoms with Crippen molar-refractivity contribution in [3.05, 3.63) is 36.2 Å². The molecule has 1 N–H and O–H groups in total. The van der Waals surface area contributed by atoms with Gasteiger partial charge in [0.1, 0.15) is 0 Å². The van der Waals surface area contributed by atoms with Crippen molar-refractivity contribution in [1.82, 2.24) is 9.78 Å². The molecule has 1 fully saturated rings. The highest BCUT2D eigenvalue weighted by molar-refractivity contribution is 5.68. The number of hydrogen-bond donors (Lipinski definition) is 1. The van der Waals surface area contributed by atoms with E-state index < -0.39 is 0 Å². The van der Waals surface area contributed by atoms with Crippen molar-refractivity contribution < 1.29 is 0 Å². The van der Waals surface area contributed by atoms with E-state index in [0.717, 1.165) is 18.4 Å². The van der Waals surface area contributed by atoms with Gasteiger partial charge in [0.25, 0.3) is 0 Å². The lowest BCUT2D eigenvalue weighted by Gasteiger charge is -2.26. The van der Waals surface area contributed by atoms with E-state index in [0.29, 0.717) is 0 Å². The van der Waals surface area contributed by atoms with Gasteiger partial charge in [-0.1, -0.05) is 6.07 Å². The zero-order valence-electron chi connectivity index (χ0n) is 11.3. The highest BCUT2D eigenvalue weighted by atomic mass is 15.2. The average Bonchev–Trinajstić information content (AvgIpc) is 3.20. The minimum atomic E-state index is 0.844. The fourth-order valence-corrected chi connectivity index (χ4v) is 3.18. The Morgan fingerprint density at radius 2 is 2.11 bits per heavy atom. The van der Waals surface area contributed by atoms with E-state index in [1.165, 1.54) is 41.6 Å². The Labute approximate surface area is 113 Å². The molecule has 19 heavy (non-hydrogen) atoms. The van der Waals surface area contributed by atoms with Gasteiger partial charge < -0.3 is 5.32 Å². The van der Waals surface area contributed by atoms with Gasteiger partial charge in [0, 0.05) is 31.0 Å². The summed E-state index contributed by atoms with van der Waals surface area (Å²) in [7, 11) is 1.96. The van der Waals surface area contributed by atoms with Crippen LogP contribution in [0.5, 0.6) is 0 Å². The molecule has 2 heterocycles. The summed E-state index contributed by atoms with van der Waals surface area (Å²) in [5.74, 6) is 1.82. The summed E-state index contributed by atoms with van der Waals surface area (Å²) in [6.07, 6.45) is 8.13. The van der Waals surface area contributed by atoms with Crippen LogP contribution < -0.4 is 5.32 Å². The number of fused-ring (bicyclic) bond motifs is 1. The predicted octanol–water partition coefficient (Wildman–Crippen LogP) is 3.08. The van der Waals surface area contributed by atoms with Crippen molar-refractivity contribution in [2.24, 2.45) is 18.9 Å². The van der Waals surface area contributed by atoms with Crippen molar-refractivity contribution in [2.45, 2.75) is 19.3 Å². The molecule has 2 aliphatic rings. The molecule has 0 bridgehead atoms. The van der Waals surface area contributed by atoms with Gasteiger partial charge in [0.05, 0.1) is 6.20 Å². The molecule has 1 aromatic heterocycles. The van der Waals surface area contributed by atoms with Gasteiger partial charge in [-0.3, -0.25) is 4.68 Å². The molecule has 1 aliphatic carbocycles. The van der Waals surface area contributed by atoms with Crippen LogP contribution in [0.4, 0.5) is 5.69 Å². The lowest BCUT2D eigenvalue weighted by Crippen LogP contribution is -2.24. The van der Waals surface area contributed by atoms with Crippen molar-refractivity contribution in [3.63, 3.8) is 0 Å². The van der Waals surface area contributed by atoms with E-state index in [1.807, 2.05) is 17.9 Å². The summed E-state index contributed by atoms with van der Waals surface area (Å²) in [4.78, 5) is 0. The highest BCUT2D eigenvalue weighted by Crippen LogP contribution is 2.41. The van der Waals surface area contributed by atoms with Gasteiger partial charge >= 0.3 is 0 Å². The van der Waals surface area contributed by atoms with Gasteiger partial charge in [-0.25, -0.2) is 0 Å². The molecule has 0 spiro atoms. The molecule has 0 radical (unpaired) electrons. The van der Waals surface area contributed by atoms with E-state index in [4.69, 9.17) is 0 Å². The molecule has 1 aromatic carbocycles. The zero-order valence-corrected chi connectivity index (χ0v) is 11.3. The van der Waals surface area contributed by atoms with Gasteiger partial charge in [-0.15, -0.1) is 0 Å². The summed E-state index contributed by atoms with van der Waals surface area (Å²) in [6, 6.07) is 6.76. The summed E-state index contributed by atoms with van der Waals surface area (Å²) in [5.41, 5.74) is 5.29. The second-order valence-electron chi connectivity index (χ2n) is 5.96. The minimum Gasteiger partial charge on any atom is -0.385 e. The Morgan fingerprint density at radius 1 is 1.21 bits per heavy atom. The molecular formula is C16H19N3. The van der Waals surface area contributed by atoms with Crippen LogP contribution in [0.2, 0.25) is 0 Å². The maximum atomic E-state index is 4.26. The van der Waals surface area contributed by atoms with Crippen molar-refractivity contribution in [2.75, 3.05) is 11.9 Å². The number of hydrogen-bond acceptors (Lipinski definition) is 2. The van der Waals surface area contributed by atoms with Crippen LogP contribution in [0, 0.1) is 11.8 Å². The van der Waals surface area contributed by atoms with Crippen LogP contribution in [0.15, 0.2) is 30.6 Å². The first-order valence-electron chi connectivity index (χ1n) is 7.15. The smallest absolute Gasteiger partial charge is 0.0568 e. The fraction of sp³-hybridized carbons (Fsp3) is 0.438. The molecule has 4 rings (SSSR count). The molecular weight excluding hydrogens is 234 g/mol. The number of benzene rings is 1. The largest absolute Gasteiger partial charge is 0.385 e. The minimum absolute atomic E-state index is 0.844. The molecule has 1 aliphatic heterocycles. The van der Waals surface area contributed by atoms with Gasteiger partial charge in [-0.2, -0.15) is 5.10 Å². The molecule has 3 heteroatoms. The number of rotatable bonds is 2. The maximum absolute atomic E-state index is 4.26. The van der Waals surface area contributed by atoms with E-state index in [9.17, 15) is 0 Å². The van der Waals surface area contributed by atoms with Crippen LogP contribution in [0.3, 0.4) is 0 Å². The average molecular weight is 253 g/mol. The Balaban J connectivity index is 1.67. The molecule has 0 saturated heterocycles. The van der Waals surface area contributed by atoms with E-state index in [-0.39, 0.29) is 0 Å². The van der Waals surface area contributed by atoms with Gasteiger partial charge in [0.2, 0.25) is 0 Å². The van der Waals surface area contributed by atoms with Gasteiger partial charge in [-0.05, 0) is 54.4 Å². The highest BCUT2D eigenvalue weighted by Gasteiger charge is 2.33. The quantitative estimate of drug-likeness (QED) is 0.891. The second-order valence-corrected chi connectivity index (χ2v) is 5.96. The standard InChI is InChI=1S/C16H19N3/c1-19-10-15(9-18-19)12-4-5-16-13(6-12)7-14(8-17-16)11-2-3-11/h4-6,9-11,14,17H,2-3,7-8H2,1H3.